The number of aliphatic hydroxyl groups excluding tert-OH is 1. The average Bonchev–Trinajstić information content (AvgIpc) is 2.84. The van der Waals surface area contributed by atoms with Gasteiger partial charge in [-0.25, -0.2) is 0 Å². The van der Waals surface area contributed by atoms with E-state index in [0.717, 1.165) is 0 Å². The first kappa shape index (κ1) is 15.6. The van der Waals surface area contributed by atoms with Gasteiger partial charge in [0.15, 0.2) is 0 Å². The Kier molecular flexibility index (Phi) is 4.11. The second-order valence-electron chi connectivity index (χ2n) is 5.06. The third-order valence-electron chi connectivity index (χ3n) is 3.59. The van der Waals surface area contributed by atoms with E-state index in [4.69, 9.17) is 23.2 Å². The molecule has 4 nitrogen and oxygen atoms in total. The molecule has 1 amide bonds. The van der Waals surface area contributed by atoms with Crippen molar-refractivity contribution >= 4 is 40.7 Å². The van der Waals surface area contributed by atoms with Crippen LogP contribution in [0.5, 0.6) is 0 Å². The molecule has 23 heavy (non-hydrogen) atoms. The second kappa shape index (κ2) is 6.07. The highest BCUT2D eigenvalue weighted by atomic mass is 35.5. The molecule has 0 spiro atoms. The summed E-state index contributed by atoms with van der Waals surface area (Å²) in [4.78, 5) is 23.9. The van der Waals surface area contributed by atoms with Crippen molar-refractivity contribution in [1.29, 1.82) is 0 Å². The molecule has 2 aromatic carbocycles. The highest BCUT2D eigenvalue weighted by Gasteiger charge is 2.39. The molecule has 116 valence electrons. The molecule has 2 N–H and O–H groups in total. The average molecular weight is 348 g/mol. The molecule has 1 fully saturated rings. The zero-order valence-electron chi connectivity index (χ0n) is 11.7. The lowest BCUT2D eigenvalue weighted by Crippen LogP contribution is -2.21. The predicted octanol–water partition coefficient (Wildman–Crippen LogP) is 3.70. The van der Waals surface area contributed by atoms with E-state index in [-0.39, 0.29) is 11.3 Å². The van der Waals surface area contributed by atoms with Crippen molar-refractivity contribution in [1.82, 2.24) is 5.32 Å². The Balaban J connectivity index is 2.10. The number of hydrogen-bond acceptors (Lipinski definition) is 3. The van der Waals surface area contributed by atoms with Crippen LogP contribution in [0.15, 0.2) is 54.1 Å². The lowest BCUT2D eigenvalue weighted by molar-refractivity contribution is -0.133. The summed E-state index contributed by atoms with van der Waals surface area (Å²) in [6.45, 7) is 0. The molecule has 0 saturated carbocycles. The zero-order chi connectivity index (χ0) is 16.6. The number of rotatable bonds is 2. The molecule has 0 aliphatic carbocycles. The van der Waals surface area contributed by atoms with Crippen LogP contribution in [0.4, 0.5) is 0 Å². The van der Waals surface area contributed by atoms with Crippen molar-refractivity contribution in [2.24, 2.45) is 0 Å². The molecule has 1 aliphatic rings. The van der Waals surface area contributed by atoms with Gasteiger partial charge in [0.05, 0.1) is 11.6 Å². The van der Waals surface area contributed by atoms with Gasteiger partial charge in [-0.2, -0.15) is 0 Å². The second-order valence-corrected chi connectivity index (χ2v) is 5.93. The number of nitrogens with one attached hydrogen (secondary N) is 1. The van der Waals surface area contributed by atoms with Crippen LogP contribution in [0.1, 0.15) is 17.2 Å². The topological polar surface area (TPSA) is 66.4 Å². The van der Waals surface area contributed by atoms with E-state index >= 15 is 0 Å². The molecule has 2 aromatic rings. The van der Waals surface area contributed by atoms with Gasteiger partial charge in [0.25, 0.3) is 11.7 Å². The van der Waals surface area contributed by atoms with Crippen LogP contribution in [0.2, 0.25) is 10.0 Å². The Hall–Kier alpha value is -2.30. The van der Waals surface area contributed by atoms with Gasteiger partial charge in [0.1, 0.15) is 5.76 Å². The molecule has 3 rings (SSSR count). The van der Waals surface area contributed by atoms with E-state index in [1.165, 1.54) is 0 Å². The quantitative estimate of drug-likeness (QED) is 0.494. The van der Waals surface area contributed by atoms with Gasteiger partial charge in [-0.1, -0.05) is 35.3 Å². The summed E-state index contributed by atoms with van der Waals surface area (Å²) in [5.74, 6) is -1.75. The van der Waals surface area contributed by atoms with Gasteiger partial charge < -0.3 is 10.4 Å². The van der Waals surface area contributed by atoms with Gasteiger partial charge in [0.2, 0.25) is 0 Å². The number of carbonyl (C=O) groups excluding carboxylic acids is 2. The first-order chi connectivity index (χ1) is 11.0. The fourth-order valence-electron chi connectivity index (χ4n) is 2.43. The van der Waals surface area contributed by atoms with Crippen molar-refractivity contribution in [3.63, 3.8) is 0 Å². The van der Waals surface area contributed by atoms with E-state index in [1.54, 1.807) is 48.5 Å². The maximum Gasteiger partial charge on any atom is 0.293 e. The molecule has 0 aromatic heterocycles. The molecule has 0 bridgehead atoms. The van der Waals surface area contributed by atoms with Crippen molar-refractivity contribution in [3.05, 3.63) is 75.3 Å². The Labute approximate surface area is 142 Å². The van der Waals surface area contributed by atoms with Crippen molar-refractivity contribution < 1.29 is 14.7 Å². The number of amides is 1. The summed E-state index contributed by atoms with van der Waals surface area (Å²) < 4.78 is 0. The van der Waals surface area contributed by atoms with Gasteiger partial charge in [-0.3, -0.25) is 9.59 Å². The van der Waals surface area contributed by atoms with Crippen LogP contribution in [0.25, 0.3) is 5.76 Å². The van der Waals surface area contributed by atoms with Crippen molar-refractivity contribution in [2.75, 3.05) is 0 Å². The molecule has 1 aliphatic heterocycles. The number of halogens is 2. The fourth-order valence-corrected chi connectivity index (χ4v) is 2.69. The standard InChI is InChI=1S/C17H11Cl2NO3/c18-11-5-1-9(2-6-11)14-13(16(22)17(23)20-14)15(21)10-3-7-12(19)8-4-10/h1-8,14,21H,(H,20,23)/b15-13-. The van der Waals surface area contributed by atoms with Crippen LogP contribution in [-0.2, 0) is 9.59 Å². The van der Waals surface area contributed by atoms with Crippen LogP contribution < -0.4 is 5.32 Å². The molecule has 1 atom stereocenters. The maximum absolute atomic E-state index is 12.2. The first-order valence-electron chi connectivity index (χ1n) is 6.77. The highest BCUT2D eigenvalue weighted by Crippen LogP contribution is 2.33. The van der Waals surface area contributed by atoms with E-state index in [2.05, 4.69) is 5.32 Å². The fraction of sp³-hybridized carbons (Fsp3) is 0.0588. The summed E-state index contributed by atoms with van der Waals surface area (Å²) in [5.41, 5.74) is 1.08. The molecule has 1 heterocycles. The minimum atomic E-state index is -0.752. The Morgan fingerprint density at radius 3 is 2.00 bits per heavy atom. The molecular weight excluding hydrogens is 337 g/mol. The summed E-state index contributed by atoms with van der Waals surface area (Å²) in [6.07, 6.45) is 0. The minimum Gasteiger partial charge on any atom is -0.507 e. The zero-order valence-corrected chi connectivity index (χ0v) is 13.2. The lowest BCUT2D eigenvalue weighted by Gasteiger charge is -2.13. The van der Waals surface area contributed by atoms with E-state index < -0.39 is 17.7 Å². The largest absolute Gasteiger partial charge is 0.507 e. The van der Waals surface area contributed by atoms with E-state index in [9.17, 15) is 14.7 Å². The number of aliphatic hydroxyl groups is 1. The molecule has 0 radical (unpaired) electrons. The number of carbonyl (C=O) groups is 2. The smallest absolute Gasteiger partial charge is 0.293 e. The Morgan fingerprint density at radius 2 is 1.43 bits per heavy atom. The monoisotopic (exact) mass is 347 g/mol. The third kappa shape index (κ3) is 2.96. The molecule has 1 unspecified atom stereocenters. The highest BCUT2D eigenvalue weighted by molar-refractivity contribution is 6.46. The van der Waals surface area contributed by atoms with Crippen LogP contribution in [0.3, 0.4) is 0 Å². The van der Waals surface area contributed by atoms with Gasteiger partial charge in [-0.05, 0) is 42.0 Å². The number of hydrogen-bond donors (Lipinski definition) is 2. The molecular formula is C17H11Cl2NO3. The lowest BCUT2D eigenvalue weighted by atomic mass is 9.96. The van der Waals surface area contributed by atoms with Crippen LogP contribution in [-0.4, -0.2) is 16.8 Å². The van der Waals surface area contributed by atoms with Gasteiger partial charge >= 0.3 is 0 Å². The SMILES string of the molecule is O=C1NC(c2ccc(Cl)cc2)/C(=C(/O)c2ccc(Cl)cc2)C1=O. The maximum atomic E-state index is 12.2. The van der Waals surface area contributed by atoms with E-state index in [1.807, 2.05) is 0 Å². The minimum absolute atomic E-state index is 0.0136. The predicted molar refractivity (Wildman–Crippen MR) is 88.3 cm³/mol. The van der Waals surface area contributed by atoms with E-state index in [0.29, 0.717) is 21.2 Å². The summed E-state index contributed by atoms with van der Waals surface area (Å²) in [6, 6.07) is 12.3. The Morgan fingerprint density at radius 1 is 0.913 bits per heavy atom. The number of ketones is 1. The molecule has 1 saturated heterocycles. The van der Waals surface area contributed by atoms with Crippen LogP contribution >= 0.6 is 23.2 Å². The number of benzene rings is 2. The summed E-state index contributed by atoms with van der Waals surface area (Å²) >= 11 is 11.7. The van der Waals surface area contributed by atoms with Gasteiger partial charge in [0, 0.05) is 15.6 Å². The summed E-state index contributed by atoms with van der Waals surface area (Å²) in [7, 11) is 0. The van der Waals surface area contributed by atoms with Gasteiger partial charge in [-0.15, -0.1) is 0 Å². The number of Topliss-reactive ketones (excluding diaryl/α,β-unsaturated/α-hetero) is 1. The Bertz CT molecular complexity index is 811. The third-order valence-corrected chi connectivity index (χ3v) is 4.10. The summed E-state index contributed by atoms with van der Waals surface area (Å²) in [5, 5.41) is 14.1. The molecule has 6 heteroatoms. The van der Waals surface area contributed by atoms with Crippen LogP contribution in [0, 0.1) is 0 Å². The van der Waals surface area contributed by atoms with Crippen molar-refractivity contribution in [3.8, 4) is 0 Å². The first-order valence-corrected chi connectivity index (χ1v) is 7.52. The van der Waals surface area contributed by atoms with Crippen molar-refractivity contribution in [2.45, 2.75) is 6.04 Å². The normalized spacial score (nSPS) is 19.7.